The summed E-state index contributed by atoms with van der Waals surface area (Å²) in [4.78, 5) is 2.71. The zero-order chi connectivity index (χ0) is 13.0. The van der Waals surface area contributed by atoms with E-state index >= 15 is 0 Å². The van der Waals surface area contributed by atoms with Gasteiger partial charge in [-0.25, -0.2) is 0 Å². The molecule has 2 N–H and O–H groups in total. The van der Waals surface area contributed by atoms with Gasteiger partial charge in [-0.15, -0.1) is 0 Å². The van der Waals surface area contributed by atoms with E-state index in [-0.39, 0.29) is 0 Å². The highest BCUT2D eigenvalue weighted by atomic mass is 15.1. The summed E-state index contributed by atoms with van der Waals surface area (Å²) in [6, 6.07) is 0. The highest BCUT2D eigenvalue weighted by Gasteiger charge is 2.35. The molecule has 2 nitrogen and oxygen atoms in total. The van der Waals surface area contributed by atoms with Crippen molar-refractivity contribution in [1.29, 1.82) is 0 Å². The maximum atomic E-state index is 5.96. The lowest BCUT2D eigenvalue weighted by atomic mass is 9.66. The zero-order valence-electron chi connectivity index (χ0n) is 12.5. The maximum absolute atomic E-state index is 5.96. The van der Waals surface area contributed by atoms with Gasteiger partial charge < -0.3 is 10.6 Å². The predicted molar refractivity (Wildman–Crippen MR) is 78.6 cm³/mol. The third kappa shape index (κ3) is 3.48. The third-order valence-corrected chi connectivity index (χ3v) is 5.61. The van der Waals surface area contributed by atoms with Crippen molar-refractivity contribution < 1.29 is 0 Å². The van der Waals surface area contributed by atoms with Gasteiger partial charge in [0, 0.05) is 0 Å². The molecule has 2 heteroatoms. The van der Waals surface area contributed by atoms with Gasteiger partial charge in [-0.3, -0.25) is 0 Å². The van der Waals surface area contributed by atoms with Gasteiger partial charge in [0.2, 0.25) is 0 Å². The molecule has 1 aliphatic carbocycles. The van der Waals surface area contributed by atoms with E-state index in [2.05, 4.69) is 18.7 Å². The minimum absolute atomic E-state index is 0.532. The lowest BCUT2D eigenvalue weighted by Crippen LogP contribution is -2.40. The van der Waals surface area contributed by atoms with Crippen LogP contribution in [0.3, 0.4) is 0 Å². The Bertz CT molecular complexity index is 240. The van der Waals surface area contributed by atoms with E-state index in [4.69, 9.17) is 5.73 Å². The molecular weight excluding hydrogens is 220 g/mol. The molecule has 0 aromatic rings. The number of hydrogen-bond acceptors (Lipinski definition) is 2. The molecule has 0 amide bonds. The molecule has 0 aromatic carbocycles. The molecule has 2 fully saturated rings. The smallest absolute Gasteiger partial charge is 0.00130 e. The highest BCUT2D eigenvalue weighted by Crippen LogP contribution is 2.43. The van der Waals surface area contributed by atoms with Gasteiger partial charge >= 0.3 is 0 Å². The summed E-state index contributed by atoms with van der Waals surface area (Å²) in [7, 11) is 0. The van der Waals surface area contributed by atoms with E-state index in [1.54, 1.807) is 0 Å². The summed E-state index contributed by atoms with van der Waals surface area (Å²) in [6.07, 6.45) is 9.77. The first-order valence-electron chi connectivity index (χ1n) is 8.08. The molecular formula is C16H32N2. The van der Waals surface area contributed by atoms with Crippen LogP contribution in [0.15, 0.2) is 0 Å². The topological polar surface area (TPSA) is 29.3 Å². The van der Waals surface area contributed by atoms with Crippen LogP contribution in [-0.4, -0.2) is 31.1 Å². The van der Waals surface area contributed by atoms with Crippen molar-refractivity contribution in [3.63, 3.8) is 0 Å². The molecule has 1 unspecified atom stereocenters. The van der Waals surface area contributed by atoms with Crippen LogP contribution in [-0.2, 0) is 0 Å². The van der Waals surface area contributed by atoms with Crippen molar-refractivity contribution in [1.82, 2.24) is 4.90 Å². The molecule has 1 saturated heterocycles. The van der Waals surface area contributed by atoms with Crippen LogP contribution in [0.1, 0.15) is 58.8 Å². The summed E-state index contributed by atoms with van der Waals surface area (Å²) in [5, 5.41) is 0. The lowest BCUT2D eigenvalue weighted by molar-refractivity contribution is 0.106. The SMILES string of the molecule is CC(C)C1CCCN(CCC2(CN)CCC2)CC1. The summed E-state index contributed by atoms with van der Waals surface area (Å²) < 4.78 is 0. The van der Waals surface area contributed by atoms with Crippen LogP contribution in [0.4, 0.5) is 0 Å². The van der Waals surface area contributed by atoms with Crippen molar-refractivity contribution in [2.24, 2.45) is 23.0 Å². The molecule has 0 radical (unpaired) electrons. The summed E-state index contributed by atoms with van der Waals surface area (Å²) >= 11 is 0. The van der Waals surface area contributed by atoms with E-state index in [0.717, 1.165) is 18.4 Å². The first-order chi connectivity index (χ1) is 8.65. The molecule has 0 bridgehead atoms. The Kier molecular flexibility index (Phi) is 5.08. The minimum Gasteiger partial charge on any atom is -0.330 e. The average Bonchev–Trinajstić information content (AvgIpc) is 2.54. The normalized spacial score (nSPS) is 29.0. The fourth-order valence-electron chi connectivity index (χ4n) is 3.70. The van der Waals surface area contributed by atoms with Crippen LogP contribution in [0.2, 0.25) is 0 Å². The van der Waals surface area contributed by atoms with E-state index in [9.17, 15) is 0 Å². The molecule has 2 aliphatic rings. The Morgan fingerprint density at radius 2 is 1.94 bits per heavy atom. The number of hydrogen-bond donors (Lipinski definition) is 1. The second kappa shape index (κ2) is 6.38. The van der Waals surface area contributed by atoms with E-state index in [1.165, 1.54) is 64.6 Å². The highest BCUT2D eigenvalue weighted by molar-refractivity contribution is 4.89. The predicted octanol–water partition coefficient (Wildman–Crippen LogP) is 3.26. The molecule has 0 spiro atoms. The largest absolute Gasteiger partial charge is 0.330 e. The second-order valence-electron chi connectivity index (χ2n) is 7.08. The van der Waals surface area contributed by atoms with Gasteiger partial charge in [0.1, 0.15) is 0 Å². The van der Waals surface area contributed by atoms with Crippen LogP contribution in [0, 0.1) is 17.3 Å². The number of rotatable bonds is 5. The van der Waals surface area contributed by atoms with Crippen LogP contribution in [0.5, 0.6) is 0 Å². The number of nitrogens with two attached hydrogens (primary N) is 1. The molecule has 1 heterocycles. The van der Waals surface area contributed by atoms with Gasteiger partial charge in [0.05, 0.1) is 0 Å². The fourth-order valence-corrected chi connectivity index (χ4v) is 3.70. The molecule has 106 valence electrons. The Morgan fingerprint density at radius 1 is 1.17 bits per heavy atom. The summed E-state index contributed by atoms with van der Waals surface area (Å²) in [5.41, 5.74) is 6.49. The number of nitrogens with zero attached hydrogens (tertiary/aromatic N) is 1. The fraction of sp³-hybridized carbons (Fsp3) is 1.00. The summed E-state index contributed by atoms with van der Waals surface area (Å²) in [6.45, 7) is 9.63. The first-order valence-corrected chi connectivity index (χ1v) is 8.08. The first kappa shape index (κ1) is 14.3. The second-order valence-corrected chi connectivity index (χ2v) is 7.08. The van der Waals surface area contributed by atoms with Crippen molar-refractivity contribution >= 4 is 0 Å². The molecule has 2 rings (SSSR count). The summed E-state index contributed by atoms with van der Waals surface area (Å²) in [5.74, 6) is 1.83. The van der Waals surface area contributed by atoms with Crippen molar-refractivity contribution in [3.05, 3.63) is 0 Å². The van der Waals surface area contributed by atoms with Crippen LogP contribution in [0.25, 0.3) is 0 Å². The van der Waals surface area contributed by atoms with Crippen molar-refractivity contribution in [2.45, 2.75) is 58.8 Å². The molecule has 0 aromatic heterocycles. The molecule has 18 heavy (non-hydrogen) atoms. The Labute approximate surface area is 113 Å². The molecule has 1 atom stereocenters. The van der Waals surface area contributed by atoms with Gasteiger partial charge in [0.15, 0.2) is 0 Å². The molecule has 1 saturated carbocycles. The standard InChI is InChI=1S/C16H32N2/c1-14(2)15-5-3-10-18(11-6-15)12-9-16(13-17)7-4-8-16/h14-15H,3-13,17H2,1-2H3. The Hall–Kier alpha value is -0.0800. The quantitative estimate of drug-likeness (QED) is 0.814. The monoisotopic (exact) mass is 252 g/mol. The number of likely N-dealkylation sites (tertiary alicyclic amines) is 1. The van der Waals surface area contributed by atoms with Crippen molar-refractivity contribution in [2.75, 3.05) is 26.2 Å². The van der Waals surface area contributed by atoms with Crippen LogP contribution >= 0.6 is 0 Å². The van der Waals surface area contributed by atoms with Crippen LogP contribution < -0.4 is 5.73 Å². The van der Waals surface area contributed by atoms with E-state index < -0.39 is 0 Å². The Balaban J connectivity index is 1.73. The van der Waals surface area contributed by atoms with Gasteiger partial charge in [-0.05, 0) is 82.0 Å². The maximum Gasteiger partial charge on any atom is -0.00130 e. The lowest BCUT2D eigenvalue weighted by Gasteiger charge is -2.42. The van der Waals surface area contributed by atoms with E-state index in [1.807, 2.05) is 0 Å². The average molecular weight is 252 g/mol. The minimum atomic E-state index is 0.532. The van der Waals surface area contributed by atoms with E-state index in [0.29, 0.717) is 5.41 Å². The van der Waals surface area contributed by atoms with Gasteiger partial charge in [0.25, 0.3) is 0 Å². The third-order valence-electron chi connectivity index (χ3n) is 5.61. The van der Waals surface area contributed by atoms with Gasteiger partial charge in [-0.2, -0.15) is 0 Å². The zero-order valence-corrected chi connectivity index (χ0v) is 12.5. The molecule has 1 aliphatic heterocycles. The Morgan fingerprint density at radius 3 is 2.50 bits per heavy atom. The van der Waals surface area contributed by atoms with Gasteiger partial charge in [-0.1, -0.05) is 20.3 Å². The van der Waals surface area contributed by atoms with Crippen molar-refractivity contribution in [3.8, 4) is 0 Å².